The number of carboxylic acid groups (broad SMARTS) is 1. The van der Waals surface area contributed by atoms with Crippen molar-refractivity contribution in [3.63, 3.8) is 0 Å². The van der Waals surface area contributed by atoms with Crippen molar-refractivity contribution in [2.45, 2.75) is 27.3 Å². The molecule has 1 atom stereocenters. The van der Waals surface area contributed by atoms with Gasteiger partial charge in [0.2, 0.25) is 0 Å². The second-order valence-corrected chi connectivity index (χ2v) is 5.14. The highest BCUT2D eigenvalue weighted by Gasteiger charge is 2.15. The molecule has 0 aromatic carbocycles. The lowest BCUT2D eigenvalue weighted by atomic mass is 9.98. The van der Waals surface area contributed by atoms with Gasteiger partial charge in [0.1, 0.15) is 5.69 Å². The summed E-state index contributed by atoms with van der Waals surface area (Å²) in [6, 6.07) is 1.63. The van der Waals surface area contributed by atoms with Gasteiger partial charge in [0.15, 0.2) is 0 Å². The minimum absolute atomic E-state index is 0.342. The standard InChI is InChI=1S/C11H16BrNO2/c1-7(2)8(3)5-13-6-9(12)4-10(13)11(14)15/h4,6-8H,5H2,1-3H3,(H,14,15). The maximum absolute atomic E-state index is 10.9. The van der Waals surface area contributed by atoms with E-state index in [2.05, 4.69) is 36.7 Å². The van der Waals surface area contributed by atoms with Gasteiger partial charge in [0, 0.05) is 17.2 Å². The number of aromatic carboxylic acids is 1. The van der Waals surface area contributed by atoms with Crippen LogP contribution in [0.2, 0.25) is 0 Å². The second-order valence-electron chi connectivity index (χ2n) is 4.22. The SMILES string of the molecule is CC(C)C(C)Cn1cc(Br)cc1C(=O)O. The summed E-state index contributed by atoms with van der Waals surface area (Å²) in [4.78, 5) is 10.9. The fourth-order valence-electron chi connectivity index (χ4n) is 1.33. The van der Waals surface area contributed by atoms with Gasteiger partial charge in [-0.1, -0.05) is 20.8 Å². The van der Waals surface area contributed by atoms with Crippen LogP contribution in [0.5, 0.6) is 0 Å². The third-order valence-electron chi connectivity index (χ3n) is 2.71. The Morgan fingerprint density at radius 3 is 2.60 bits per heavy atom. The quantitative estimate of drug-likeness (QED) is 0.915. The molecule has 0 amide bonds. The zero-order valence-corrected chi connectivity index (χ0v) is 10.8. The molecule has 0 bridgehead atoms. The number of nitrogens with zero attached hydrogens (tertiary/aromatic N) is 1. The molecule has 84 valence electrons. The van der Waals surface area contributed by atoms with Crippen LogP contribution in [0.4, 0.5) is 0 Å². The van der Waals surface area contributed by atoms with Crippen LogP contribution in [0.25, 0.3) is 0 Å². The van der Waals surface area contributed by atoms with Crippen molar-refractivity contribution in [3.05, 3.63) is 22.4 Å². The molecular weight excluding hydrogens is 258 g/mol. The number of aromatic nitrogens is 1. The molecule has 0 aliphatic heterocycles. The molecule has 3 nitrogen and oxygen atoms in total. The van der Waals surface area contributed by atoms with Crippen molar-refractivity contribution in [1.29, 1.82) is 0 Å². The normalized spacial score (nSPS) is 13.1. The van der Waals surface area contributed by atoms with Gasteiger partial charge in [0.25, 0.3) is 0 Å². The zero-order chi connectivity index (χ0) is 11.6. The molecule has 1 N–H and O–H groups in total. The fraction of sp³-hybridized carbons (Fsp3) is 0.545. The average Bonchev–Trinajstić information content (AvgIpc) is 2.46. The van der Waals surface area contributed by atoms with Crippen LogP contribution in [-0.4, -0.2) is 15.6 Å². The highest BCUT2D eigenvalue weighted by Crippen LogP contribution is 2.19. The van der Waals surface area contributed by atoms with Crippen LogP contribution in [0.15, 0.2) is 16.7 Å². The smallest absolute Gasteiger partial charge is 0.352 e. The Labute approximate surface area is 98.2 Å². The van der Waals surface area contributed by atoms with Gasteiger partial charge in [-0.25, -0.2) is 4.79 Å². The molecule has 15 heavy (non-hydrogen) atoms. The number of halogens is 1. The summed E-state index contributed by atoms with van der Waals surface area (Å²) in [5.41, 5.74) is 0.342. The Morgan fingerprint density at radius 1 is 1.53 bits per heavy atom. The van der Waals surface area contributed by atoms with Crippen molar-refractivity contribution in [1.82, 2.24) is 4.57 Å². The molecule has 1 rings (SSSR count). The fourth-order valence-corrected chi connectivity index (χ4v) is 1.79. The van der Waals surface area contributed by atoms with E-state index < -0.39 is 5.97 Å². The molecule has 0 aliphatic carbocycles. The minimum Gasteiger partial charge on any atom is -0.477 e. The first kappa shape index (κ1) is 12.3. The number of hydrogen-bond donors (Lipinski definition) is 1. The molecule has 0 radical (unpaired) electrons. The van der Waals surface area contributed by atoms with E-state index in [1.165, 1.54) is 0 Å². The summed E-state index contributed by atoms with van der Waals surface area (Å²) >= 11 is 3.29. The van der Waals surface area contributed by atoms with E-state index in [9.17, 15) is 4.79 Å². The Balaban J connectivity index is 2.89. The molecule has 1 unspecified atom stereocenters. The highest BCUT2D eigenvalue weighted by atomic mass is 79.9. The van der Waals surface area contributed by atoms with Gasteiger partial charge in [-0.3, -0.25) is 0 Å². The van der Waals surface area contributed by atoms with E-state index in [0.29, 0.717) is 17.5 Å². The van der Waals surface area contributed by atoms with Crippen LogP contribution in [-0.2, 0) is 6.54 Å². The molecule has 1 aromatic heterocycles. The third-order valence-corrected chi connectivity index (χ3v) is 3.14. The van der Waals surface area contributed by atoms with E-state index in [1.54, 1.807) is 10.6 Å². The molecule has 0 aliphatic rings. The minimum atomic E-state index is -0.878. The summed E-state index contributed by atoms with van der Waals surface area (Å²) in [6.07, 6.45) is 1.82. The van der Waals surface area contributed by atoms with Crippen LogP contribution in [0.3, 0.4) is 0 Å². The Kier molecular flexibility index (Phi) is 3.97. The van der Waals surface area contributed by atoms with E-state index in [1.807, 2.05) is 6.20 Å². The van der Waals surface area contributed by atoms with Crippen LogP contribution in [0.1, 0.15) is 31.3 Å². The van der Waals surface area contributed by atoms with Crippen molar-refractivity contribution < 1.29 is 9.90 Å². The van der Waals surface area contributed by atoms with E-state index in [0.717, 1.165) is 11.0 Å². The Bertz CT molecular complexity index is 357. The highest BCUT2D eigenvalue weighted by molar-refractivity contribution is 9.10. The predicted octanol–water partition coefficient (Wildman–Crippen LogP) is 3.24. The first-order valence-corrected chi connectivity index (χ1v) is 5.80. The van der Waals surface area contributed by atoms with E-state index in [4.69, 9.17) is 5.11 Å². The van der Waals surface area contributed by atoms with Crippen molar-refractivity contribution in [2.75, 3.05) is 0 Å². The molecule has 0 saturated heterocycles. The molecule has 0 spiro atoms. The van der Waals surface area contributed by atoms with Gasteiger partial charge in [0.05, 0.1) is 0 Å². The molecular formula is C11H16BrNO2. The summed E-state index contributed by atoms with van der Waals surface area (Å²) in [5.74, 6) is 0.131. The molecule has 4 heteroatoms. The average molecular weight is 274 g/mol. The zero-order valence-electron chi connectivity index (χ0n) is 9.20. The summed E-state index contributed by atoms with van der Waals surface area (Å²) in [5, 5.41) is 8.99. The second kappa shape index (κ2) is 4.84. The largest absolute Gasteiger partial charge is 0.477 e. The number of hydrogen-bond acceptors (Lipinski definition) is 1. The maximum Gasteiger partial charge on any atom is 0.352 e. The van der Waals surface area contributed by atoms with Crippen molar-refractivity contribution in [3.8, 4) is 0 Å². The maximum atomic E-state index is 10.9. The Hall–Kier alpha value is -0.770. The van der Waals surface area contributed by atoms with Crippen molar-refractivity contribution >= 4 is 21.9 Å². The lowest BCUT2D eigenvalue weighted by Crippen LogP contribution is -2.16. The van der Waals surface area contributed by atoms with Gasteiger partial charge in [-0.15, -0.1) is 0 Å². The van der Waals surface area contributed by atoms with E-state index in [-0.39, 0.29) is 0 Å². The number of carbonyl (C=O) groups is 1. The molecule has 1 aromatic rings. The number of rotatable bonds is 4. The topological polar surface area (TPSA) is 42.2 Å². The van der Waals surface area contributed by atoms with Gasteiger partial charge in [-0.2, -0.15) is 0 Å². The number of carboxylic acids is 1. The molecule has 1 heterocycles. The first-order valence-electron chi connectivity index (χ1n) is 5.00. The monoisotopic (exact) mass is 273 g/mol. The molecule has 0 saturated carbocycles. The lowest BCUT2D eigenvalue weighted by molar-refractivity contribution is 0.0683. The van der Waals surface area contributed by atoms with Gasteiger partial charge in [-0.05, 0) is 33.8 Å². The van der Waals surface area contributed by atoms with Crippen LogP contribution < -0.4 is 0 Å². The van der Waals surface area contributed by atoms with E-state index >= 15 is 0 Å². The summed E-state index contributed by atoms with van der Waals surface area (Å²) in [6.45, 7) is 7.16. The van der Waals surface area contributed by atoms with Gasteiger partial charge < -0.3 is 9.67 Å². The van der Waals surface area contributed by atoms with Crippen LogP contribution >= 0.6 is 15.9 Å². The Morgan fingerprint density at radius 2 is 2.13 bits per heavy atom. The third kappa shape index (κ3) is 3.09. The summed E-state index contributed by atoms with van der Waals surface area (Å²) < 4.78 is 2.60. The van der Waals surface area contributed by atoms with Gasteiger partial charge >= 0.3 is 5.97 Å². The van der Waals surface area contributed by atoms with Crippen molar-refractivity contribution in [2.24, 2.45) is 11.8 Å². The first-order chi connectivity index (χ1) is 6.91. The van der Waals surface area contributed by atoms with Crippen LogP contribution in [0, 0.1) is 11.8 Å². The lowest BCUT2D eigenvalue weighted by Gasteiger charge is -2.17. The molecule has 0 fully saturated rings. The summed E-state index contributed by atoms with van der Waals surface area (Å²) in [7, 11) is 0. The predicted molar refractivity (Wildman–Crippen MR) is 63.1 cm³/mol.